The van der Waals surface area contributed by atoms with Crippen molar-refractivity contribution in [1.29, 1.82) is 0 Å². The van der Waals surface area contributed by atoms with E-state index in [-0.39, 0.29) is 11.8 Å². The van der Waals surface area contributed by atoms with Crippen molar-refractivity contribution in [1.82, 2.24) is 10.2 Å². The molecule has 1 aromatic carbocycles. The largest absolute Gasteiger partial charge is 0.417 e. The fraction of sp³-hybridized carbons (Fsp3) is 0.357. The summed E-state index contributed by atoms with van der Waals surface area (Å²) in [6.07, 6.45) is 0. The van der Waals surface area contributed by atoms with Gasteiger partial charge in [0.15, 0.2) is 0 Å². The Kier molecular flexibility index (Phi) is 4.09. The maximum Gasteiger partial charge on any atom is 0.313 e. The van der Waals surface area contributed by atoms with Crippen LogP contribution in [0.4, 0.5) is 5.69 Å². The summed E-state index contributed by atoms with van der Waals surface area (Å²) in [6.45, 7) is 7.64. The number of nitrogens with zero attached hydrogens (tertiary/aromatic N) is 2. The van der Waals surface area contributed by atoms with Crippen LogP contribution >= 0.6 is 11.6 Å². The van der Waals surface area contributed by atoms with Crippen molar-refractivity contribution in [3.8, 4) is 0 Å². The molecular weight excluding hydrogens is 278 g/mol. The molecule has 0 aliphatic heterocycles. The molecule has 1 aromatic heterocycles. The highest BCUT2D eigenvalue weighted by molar-refractivity contribution is 6.34. The first-order valence-electron chi connectivity index (χ1n) is 6.30. The minimum Gasteiger partial charge on any atom is -0.417 e. The number of halogens is 1. The number of aromatic nitrogens is 2. The molecule has 0 aliphatic carbocycles. The fourth-order valence-corrected chi connectivity index (χ4v) is 2.17. The van der Waals surface area contributed by atoms with Gasteiger partial charge in [0.25, 0.3) is 0 Å². The molecule has 106 valence electrons. The Morgan fingerprint density at radius 1 is 1.30 bits per heavy atom. The first-order valence-corrected chi connectivity index (χ1v) is 6.67. The molecule has 2 aromatic rings. The van der Waals surface area contributed by atoms with Crippen LogP contribution in [0.2, 0.25) is 5.02 Å². The Morgan fingerprint density at radius 3 is 2.55 bits per heavy atom. The lowest BCUT2D eigenvalue weighted by Gasteiger charge is -2.09. The van der Waals surface area contributed by atoms with Gasteiger partial charge < -0.3 is 9.73 Å². The second-order valence-electron chi connectivity index (χ2n) is 4.99. The van der Waals surface area contributed by atoms with Gasteiger partial charge >= 0.3 is 11.8 Å². The maximum atomic E-state index is 12.1. The molecule has 0 fully saturated rings. The van der Waals surface area contributed by atoms with Gasteiger partial charge in [-0.25, -0.2) is 0 Å². The Bertz CT molecular complexity index is 627. The van der Waals surface area contributed by atoms with Crippen molar-refractivity contribution < 1.29 is 9.21 Å². The molecule has 1 heterocycles. The van der Waals surface area contributed by atoms with E-state index in [2.05, 4.69) is 15.5 Å². The molecule has 5 nitrogen and oxygen atoms in total. The lowest BCUT2D eigenvalue weighted by Crippen LogP contribution is -2.13. The third kappa shape index (κ3) is 2.99. The predicted octanol–water partition coefficient (Wildman–Crippen LogP) is 3.72. The van der Waals surface area contributed by atoms with Crippen LogP contribution in [0.1, 0.15) is 47.5 Å². The first-order chi connectivity index (χ1) is 9.38. The van der Waals surface area contributed by atoms with Crippen molar-refractivity contribution in [2.24, 2.45) is 0 Å². The molecule has 2 rings (SSSR count). The van der Waals surface area contributed by atoms with E-state index in [0.29, 0.717) is 16.6 Å². The number of hydrogen-bond acceptors (Lipinski definition) is 4. The third-order valence-corrected chi connectivity index (χ3v) is 3.10. The van der Waals surface area contributed by atoms with Crippen molar-refractivity contribution >= 4 is 23.2 Å². The van der Waals surface area contributed by atoms with Gasteiger partial charge in [0, 0.05) is 5.92 Å². The molecule has 0 unspecified atom stereocenters. The summed E-state index contributed by atoms with van der Waals surface area (Å²) in [5.74, 6) is -0.0152. The second-order valence-corrected chi connectivity index (χ2v) is 5.40. The van der Waals surface area contributed by atoms with Crippen LogP contribution in [0, 0.1) is 13.8 Å². The summed E-state index contributed by atoms with van der Waals surface area (Å²) in [7, 11) is 0. The number of aryl methyl sites for hydroxylation is 2. The van der Waals surface area contributed by atoms with Gasteiger partial charge in [0.05, 0.1) is 10.7 Å². The predicted molar refractivity (Wildman–Crippen MR) is 77.3 cm³/mol. The van der Waals surface area contributed by atoms with Crippen molar-refractivity contribution in [2.45, 2.75) is 33.6 Å². The Morgan fingerprint density at radius 2 is 2.00 bits per heavy atom. The lowest BCUT2D eigenvalue weighted by molar-refractivity contribution is 0.0988. The van der Waals surface area contributed by atoms with E-state index in [1.165, 1.54) is 0 Å². The van der Waals surface area contributed by atoms with Gasteiger partial charge in [0.2, 0.25) is 5.89 Å². The minimum atomic E-state index is -0.460. The van der Waals surface area contributed by atoms with Crippen LogP contribution in [0.15, 0.2) is 16.5 Å². The molecule has 6 heteroatoms. The third-order valence-electron chi connectivity index (χ3n) is 2.80. The maximum absolute atomic E-state index is 12.1. The highest BCUT2D eigenvalue weighted by Crippen LogP contribution is 2.27. The molecule has 0 aliphatic rings. The van der Waals surface area contributed by atoms with Crippen molar-refractivity contribution in [3.63, 3.8) is 0 Å². The molecule has 0 spiro atoms. The molecule has 0 atom stereocenters. The number of benzene rings is 1. The van der Waals surface area contributed by atoms with Crippen LogP contribution in [-0.2, 0) is 0 Å². The van der Waals surface area contributed by atoms with E-state index in [0.717, 1.165) is 11.1 Å². The SMILES string of the molecule is Cc1cc(C)c(NC(=O)c2nnc(C(C)C)o2)c(Cl)c1. The molecule has 1 N–H and O–H groups in total. The zero-order valence-corrected chi connectivity index (χ0v) is 12.6. The van der Waals surface area contributed by atoms with Gasteiger partial charge in [-0.05, 0) is 31.0 Å². The lowest BCUT2D eigenvalue weighted by atomic mass is 10.1. The number of anilines is 1. The van der Waals surface area contributed by atoms with E-state index in [1.807, 2.05) is 33.8 Å². The summed E-state index contributed by atoms with van der Waals surface area (Å²) in [5, 5.41) is 10.8. The standard InChI is InChI=1S/C14H16ClN3O2/c1-7(2)13-17-18-14(20-13)12(19)16-11-9(4)5-8(3)6-10(11)15/h5-7H,1-4H3,(H,16,19). The second kappa shape index (κ2) is 5.63. The van der Waals surface area contributed by atoms with Crippen molar-refractivity contribution in [2.75, 3.05) is 5.32 Å². The van der Waals surface area contributed by atoms with Crippen LogP contribution in [0.5, 0.6) is 0 Å². The highest BCUT2D eigenvalue weighted by atomic mass is 35.5. The first kappa shape index (κ1) is 14.5. The Balaban J connectivity index is 2.23. The average molecular weight is 294 g/mol. The molecular formula is C14H16ClN3O2. The molecule has 0 saturated carbocycles. The Hall–Kier alpha value is -1.88. The van der Waals surface area contributed by atoms with Gasteiger partial charge in [-0.1, -0.05) is 31.5 Å². The van der Waals surface area contributed by atoms with Crippen LogP contribution in [0.3, 0.4) is 0 Å². The number of carbonyl (C=O) groups is 1. The summed E-state index contributed by atoms with van der Waals surface area (Å²) >= 11 is 6.14. The molecule has 0 saturated heterocycles. The van der Waals surface area contributed by atoms with E-state index in [9.17, 15) is 4.79 Å². The zero-order valence-electron chi connectivity index (χ0n) is 11.8. The average Bonchev–Trinajstić information content (AvgIpc) is 2.83. The van der Waals surface area contributed by atoms with Crippen LogP contribution < -0.4 is 5.32 Å². The quantitative estimate of drug-likeness (QED) is 0.936. The highest BCUT2D eigenvalue weighted by Gasteiger charge is 2.18. The molecule has 0 radical (unpaired) electrons. The van der Waals surface area contributed by atoms with Crippen molar-refractivity contribution in [3.05, 3.63) is 40.1 Å². The monoisotopic (exact) mass is 293 g/mol. The smallest absolute Gasteiger partial charge is 0.313 e. The Labute approximate surface area is 122 Å². The van der Waals surface area contributed by atoms with Crippen LogP contribution in [-0.4, -0.2) is 16.1 Å². The van der Waals surface area contributed by atoms with E-state index in [4.69, 9.17) is 16.0 Å². The van der Waals surface area contributed by atoms with E-state index in [1.54, 1.807) is 6.07 Å². The molecule has 20 heavy (non-hydrogen) atoms. The number of nitrogens with one attached hydrogen (secondary N) is 1. The van der Waals surface area contributed by atoms with Gasteiger partial charge in [-0.3, -0.25) is 4.79 Å². The van der Waals surface area contributed by atoms with Gasteiger partial charge in [-0.15, -0.1) is 10.2 Å². The summed E-state index contributed by atoms with van der Waals surface area (Å²) in [5.41, 5.74) is 2.48. The molecule has 1 amide bonds. The summed E-state index contributed by atoms with van der Waals surface area (Å²) < 4.78 is 5.31. The topological polar surface area (TPSA) is 68.0 Å². The normalized spacial score (nSPS) is 10.9. The van der Waals surface area contributed by atoms with E-state index >= 15 is 0 Å². The van der Waals surface area contributed by atoms with Gasteiger partial charge in [-0.2, -0.15) is 0 Å². The van der Waals surface area contributed by atoms with Crippen LogP contribution in [0.25, 0.3) is 0 Å². The van der Waals surface area contributed by atoms with Gasteiger partial charge in [0.1, 0.15) is 0 Å². The number of hydrogen-bond donors (Lipinski definition) is 1. The molecule has 0 bridgehead atoms. The fourth-order valence-electron chi connectivity index (χ4n) is 1.80. The zero-order chi connectivity index (χ0) is 14.9. The summed E-state index contributed by atoms with van der Waals surface area (Å²) in [6, 6.07) is 3.73. The number of rotatable bonds is 3. The minimum absolute atomic E-state index is 0.0651. The number of carbonyl (C=O) groups excluding carboxylic acids is 1. The summed E-state index contributed by atoms with van der Waals surface area (Å²) in [4.78, 5) is 12.1. The van der Waals surface area contributed by atoms with E-state index < -0.39 is 5.91 Å². The number of amides is 1.